The fourth-order valence-corrected chi connectivity index (χ4v) is 2.55. The summed E-state index contributed by atoms with van der Waals surface area (Å²) in [5.74, 6) is 0.553. The third-order valence-electron chi connectivity index (χ3n) is 2.68. The Morgan fingerprint density at radius 3 is 3.17 bits per heavy atom. The molecule has 0 unspecified atom stereocenters. The van der Waals surface area contributed by atoms with Crippen LogP contribution in [0, 0.1) is 0 Å². The van der Waals surface area contributed by atoms with Gasteiger partial charge in [-0.05, 0) is 18.2 Å². The number of ether oxygens (including phenoxy) is 1. The van der Waals surface area contributed by atoms with Crippen molar-refractivity contribution in [2.45, 2.75) is 0 Å². The minimum Gasteiger partial charge on any atom is -0.490 e. The number of rotatable bonds is 1. The van der Waals surface area contributed by atoms with E-state index < -0.39 is 0 Å². The second-order valence-corrected chi connectivity index (χ2v) is 4.95. The van der Waals surface area contributed by atoms with Crippen molar-refractivity contribution in [3.8, 4) is 5.75 Å². The zero-order chi connectivity index (χ0) is 12.5. The number of carbonyl (C=O) groups is 1. The molecule has 0 fully saturated rings. The van der Waals surface area contributed by atoms with E-state index >= 15 is 0 Å². The number of hydrogen-bond acceptors (Lipinski definition) is 4. The van der Waals surface area contributed by atoms with Crippen LogP contribution in [0.25, 0.3) is 0 Å². The Hall–Kier alpha value is -1.59. The molecule has 0 N–H and O–H groups in total. The van der Waals surface area contributed by atoms with Crippen molar-refractivity contribution in [1.29, 1.82) is 0 Å². The fraction of sp³-hybridized carbons (Fsp3) is 0.167. The van der Waals surface area contributed by atoms with Gasteiger partial charge in [0.15, 0.2) is 0 Å². The first-order valence-electron chi connectivity index (χ1n) is 5.38. The highest BCUT2D eigenvalue weighted by Gasteiger charge is 2.25. The molecule has 0 radical (unpaired) electrons. The minimum atomic E-state index is -0.122. The summed E-state index contributed by atoms with van der Waals surface area (Å²) in [5.41, 5.74) is 2.80. The number of aromatic nitrogens is 1. The van der Waals surface area contributed by atoms with Gasteiger partial charge in [0.2, 0.25) is 0 Å². The van der Waals surface area contributed by atoms with Gasteiger partial charge in [-0.2, -0.15) is 0 Å². The van der Waals surface area contributed by atoms with Crippen LogP contribution in [0.4, 0.5) is 5.69 Å². The number of hydrogen-bond donors (Lipinski definition) is 0. The lowest BCUT2D eigenvalue weighted by molar-refractivity contribution is 0.0972. The maximum Gasteiger partial charge on any atom is 0.277 e. The molecule has 18 heavy (non-hydrogen) atoms. The van der Waals surface area contributed by atoms with Gasteiger partial charge >= 0.3 is 0 Å². The van der Waals surface area contributed by atoms with Crippen LogP contribution in [0.1, 0.15) is 10.5 Å². The number of thiazole rings is 1. The molecule has 2 aromatic rings. The SMILES string of the molecule is O=C(c1cscn1)N1CCOc2ccc(Cl)cc21. The Morgan fingerprint density at radius 2 is 2.39 bits per heavy atom. The molecular formula is C12H9ClN2O2S. The van der Waals surface area contributed by atoms with E-state index in [1.165, 1.54) is 11.3 Å². The monoisotopic (exact) mass is 280 g/mol. The standard InChI is InChI=1S/C12H9ClN2O2S/c13-8-1-2-11-10(5-8)15(3-4-17-11)12(16)9-6-18-7-14-9/h1-2,5-7H,3-4H2. The molecular weight excluding hydrogens is 272 g/mol. The summed E-state index contributed by atoms with van der Waals surface area (Å²) in [5, 5.41) is 2.32. The van der Waals surface area contributed by atoms with E-state index in [0.717, 1.165) is 0 Å². The molecule has 1 aromatic carbocycles. The van der Waals surface area contributed by atoms with Gasteiger partial charge in [0.25, 0.3) is 5.91 Å². The molecule has 0 aliphatic carbocycles. The van der Waals surface area contributed by atoms with Crippen molar-refractivity contribution < 1.29 is 9.53 Å². The van der Waals surface area contributed by atoms with Gasteiger partial charge in [-0.25, -0.2) is 4.98 Å². The number of anilines is 1. The van der Waals surface area contributed by atoms with Crippen molar-refractivity contribution in [1.82, 2.24) is 4.98 Å². The largest absolute Gasteiger partial charge is 0.490 e. The van der Waals surface area contributed by atoms with Gasteiger partial charge in [-0.15, -0.1) is 11.3 Å². The summed E-state index contributed by atoms with van der Waals surface area (Å²) in [6.45, 7) is 0.980. The average molecular weight is 281 g/mol. The highest BCUT2D eigenvalue weighted by Crippen LogP contribution is 2.34. The molecule has 1 amide bonds. The topological polar surface area (TPSA) is 42.4 Å². The van der Waals surface area contributed by atoms with E-state index in [0.29, 0.717) is 35.3 Å². The van der Waals surface area contributed by atoms with E-state index in [4.69, 9.17) is 16.3 Å². The molecule has 2 heterocycles. The molecule has 0 saturated carbocycles. The predicted octanol–water partition coefficient (Wildman–Crippen LogP) is 2.84. The lowest BCUT2D eigenvalue weighted by Gasteiger charge is -2.29. The summed E-state index contributed by atoms with van der Waals surface area (Å²) < 4.78 is 5.51. The summed E-state index contributed by atoms with van der Waals surface area (Å²) in [7, 11) is 0. The van der Waals surface area contributed by atoms with Crippen molar-refractivity contribution in [3.63, 3.8) is 0 Å². The van der Waals surface area contributed by atoms with Crippen molar-refractivity contribution in [2.24, 2.45) is 0 Å². The summed E-state index contributed by atoms with van der Waals surface area (Å²) in [6, 6.07) is 5.26. The molecule has 6 heteroatoms. The quantitative estimate of drug-likeness (QED) is 0.807. The van der Waals surface area contributed by atoms with Crippen LogP contribution in [-0.4, -0.2) is 24.0 Å². The van der Waals surface area contributed by atoms with E-state index in [-0.39, 0.29) is 5.91 Å². The third-order valence-corrected chi connectivity index (χ3v) is 3.50. The van der Waals surface area contributed by atoms with Crippen LogP contribution >= 0.6 is 22.9 Å². The second kappa shape index (κ2) is 4.59. The van der Waals surface area contributed by atoms with E-state index in [2.05, 4.69) is 4.98 Å². The lowest BCUT2D eigenvalue weighted by atomic mass is 10.2. The molecule has 92 valence electrons. The first kappa shape index (κ1) is 11.5. The zero-order valence-electron chi connectivity index (χ0n) is 9.30. The molecule has 1 aliphatic rings. The Balaban J connectivity index is 2.01. The zero-order valence-corrected chi connectivity index (χ0v) is 10.9. The molecule has 0 bridgehead atoms. The molecule has 0 saturated heterocycles. The van der Waals surface area contributed by atoms with Gasteiger partial charge in [0, 0.05) is 10.4 Å². The van der Waals surface area contributed by atoms with E-state index in [1.807, 2.05) is 0 Å². The normalized spacial score (nSPS) is 13.9. The molecule has 0 atom stereocenters. The number of fused-ring (bicyclic) bond motifs is 1. The number of halogens is 1. The van der Waals surface area contributed by atoms with E-state index in [1.54, 1.807) is 34.0 Å². The van der Waals surface area contributed by atoms with Crippen molar-refractivity contribution >= 4 is 34.5 Å². The summed E-state index contributed by atoms with van der Waals surface area (Å²) in [6.07, 6.45) is 0. The van der Waals surface area contributed by atoms with Crippen LogP contribution < -0.4 is 9.64 Å². The van der Waals surface area contributed by atoms with Gasteiger partial charge in [0.05, 0.1) is 17.7 Å². The average Bonchev–Trinajstić information content (AvgIpc) is 2.91. The van der Waals surface area contributed by atoms with Crippen molar-refractivity contribution in [3.05, 3.63) is 39.8 Å². The third kappa shape index (κ3) is 1.95. The molecule has 1 aliphatic heterocycles. The van der Waals surface area contributed by atoms with E-state index in [9.17, 15) is 4.79 Å². The lowest BCUT2D eigenvalue weighted by Crippen LogP contribution is -2.38. The van der Waals surface area contributed by atoms with Gasteiger partial charge < -0.3 is 9.64 Å². The van der Waals surface area contributed by atoms with Crippen LogP contribution in [0.2, 0.25) is 5.02 Å². The highest BCUT2D eigenvalue weighted by atomic mass is 35.5. The number of carbonyl (C=O) groups excluding carboxylic acids is 1. The first-order chi connectivity index (χ1) is 8.75. The maximum atomic E-state index is 12.3. The smallest absolute Gasteiger partial charge is 0.277 e. The highest BCUT2D eigenvalue weighted by molar-refractivity contribution is 7.07. The summed E-state index contributed by atoms with van der Waals surface area (Å²) >= 11 is 7.36. The van der Waals surface area contributed by atoms with Gasteiger partial charge in [0.1, 0.15) is 18.1 Å². The first-order valence-corrected chi connectivity index (χ1v) is 6.70. The Morgan fingerprint density at radius 1 is 1.50 bits per heavy atom. The Labute approximate surface area is 113 Å². The van der Waals surface area contributed by atoms with Crippen LogP contribution in [-0.2, 0) is 0 Å². The maximum absolute atomic E-state index is 12.3. The Kier molecular flexibility index (Phi) is 2.93. The fourth-order valence-electron chi connectivity index (χ4n) is 1.86. The predicted molar refractivity (Wildman–Crippen MR) is 70.7 cm³/mol. The van der Waals surface area contributed by atoms with Crippen molar-refractivity contribution in [2.75, 3.05) is 18.1 Å². The molecule has 1 aromatic heterocycles. The van der Waals surface area contributed by atoms with Crippen LogP contribution in [0.5, 0.6) is 5.75 Å². The summed E-state index contributed by atoms with van der Waals surface area (Å²) in [4.78, 5) is 18.0. The number of amides is 1. The Bertz CT molecular complexity index is 586. The minimum absolute atomic E-state index is 0.122. The number of benzene rings is 1. The molecule has 4 nitrogen and oxygen atoms in total. The molecule has 0 spiro atoms. The second-order valence-electron chi connectivity index (χ2n) is 3.79. The van der Waals surface area contributed by atoms with Crippen LogP contribution in [0.3, 0.4) is 0 Å². The number of nitrogens with zero attached hydrogens (tertiary/aromatic N) is 2. The van der Waals surface area contributed by atoms with Crippen LogP contribution in [0.15, 0.2) is 29.1 Å². The van der Waals surface area contributed by atoms with Gasteiger partial charge in [-0.3, -0.25) is 4.79 Å². The molecule has 3 rings (SSSR count). The van der Waals surface area contributed by atoms with Gasteiger partial charge in [-0.1, -0.05) is 11.6 Å².